The quantitative estimate of drug-likeness (QED) is 0.265. The first-order valence-electron chi connectivity index (χ1n) is 14.8. The van der Waals surface area contributed by atoms with Crippen molar-refractivity contribution in [1.29, 1.82) is 0 Å². The second-order valence-corrected chi connectivity index (χ2v) is 12.2. The van der Waals surface area contributed by atoms with Crippen molar-refractivity contribution in [2.45, 2.75) is 90.0 Å². The van der Waals surface area contributed by atoms with E-state index in [1.54, 1.807) is 12.1 Å². The zero-order valence-corrected chi connectivity index (χ0v) is 25.9. The van der Waals surface area contributed by atoms with E-state index >= 15 is 0 Å². The van der Waals surface area contributed by atoms with E-state index in [0.29, 0.717) is 17.0 Å². The molecule has 2 aliphatic carbocycles. The summed E-state index contributed by atoms with van der Waals surface area (Å²) < 4.78 is 34.4. The first-order chi connectivity index (χ1) is 21.0. The second kappa shape index (κ2) is 13.6. The molecule has 0 radical (unpaired) electrons. The fourth-order valence-corrected chi connectivity index (χ4v) is 6.44. The zero-order chi connectivity index (χ0) is 31.5. The summed E-state index contributed by atoms with van der Waals surface area (Å²) in [6.07, 6.45) is -1.31. The van der Waals surface area contributed by atoms with Gasteiger partial charge in [0, 0.05) is 32.7 Å². The monoisotopic (exact) mass is 628 g/mol. The molecule has 1 saturated heterocycles. The molecule has 2 aromatic carbocycles. The van der Waals surface area contributed by atoms with Crippen LogP contribution in [0.2, 0.25) is 5.02 Å². The molecular weight excluding hydrogens is 592 g/mol. The van der Waals surface area contributed by atoms with Crippen molar-refractivity contribution < 1.29 is 47.6 Å². The topological polar surface area (TPSA) is 124 Å². The summed E-state index contributed by atoms with van der Waals surface area (Å²) >= 11 is 6.62. The van der Waals surface area contributed by atoms with Gasteiger partial charge in [0.25, 0.3) is 0 Å². The second-order valence-electron chi connectivity index (χ2n) is 11.8. The maximum absolute atomic E-state index is 12.2. The van der Waals surface area contributed by atoms with Crippen LogP contribution in [0.4, 0.5) is 0 Å². The number of hydrogen-bond donors (Lipinski definition) is 0. The number of carbonyl (C=O) groups excluding carboxylic acids is 4. The Hall–Kier alpha value is -3.63. The number of ether oxygens (including phenoxy) is 6. The fourth-order valence-electron chi connectivity index (χ4n) is 6.26. The highest BCUT2D eigenvalue weighted by atomic mass is 35.5. The molecule has 0 aromatic heterocycles. The maximum atomic E-state index is 12.2. The van der Waals surface area contributed by atoms with E-state index in [-0.39, 0.29) is 12.7 Å². The van der Waals surface area contributed by atoms with E-state index in [9.17, 15) is 19.2 Å². The summed E-state index contributed by atoms with van der Waals surface area (Å²) in [7, 11) is 0. The summed E-state index contributed by atoms with van der Waals surface area (Å²) in [4.78, 5) is 48.1. The van der Waals surface area contributed by atoms with Crippen molar-refractivity contribution in [1.82, 2.24) is 0 Å². The van der Waals surface area contributed by atoms with Crippen molar-refractivity contribution in [3.8, 4) is 5.75 Å². The number of carbonyl (C=O) groups is 4. The largest absolute Gasteiger partial charge is 0.490 e. The summed E-state index contributed by atoms with van der Waals surface area (Å²) in [6.45, 7) is 4.51. The number of halogens is 1. The van der Waals surface area contributed by atoms with Crippen LogP contribution in [0, 0.1) is 11.8 Å². The van der Waals surface area contributed by atoms with Gasteiger partial charge in [-0.15, -0.1) is 0 Å². The van der Waals surface area contributed by atoms with Crippen LogP contribution in [0.15, 0.2) is 42.5 Å². The van der Waals surface area contributed by atoms with Gasteiger partial charge in [-0.25, -0.2) is 0 Å². The van der Waals surface area contributed by atoms with Crippen LogP contribution in [0.1, 0.15) is 69.8 Å². The molecule has 8 atom stereocenters. The van der Waals surface area contributed by atoms with E-state index in [0.717, 1.165) is 41.6 Å². The van der Waals surface area contributed by atoms with E-state index < -0.39 is 54.4 Å². The standard InChI is InChI=1S/C33H37ClO10/c1-17(35)39-16-29-31(40-18(2)36)33(42-20(4)38)32(41-19(3)37)30(44-29)22-7-10-28(34)25(12-22)11-21-5-8-26(9-6-21)43-27-14-23-13-24(23)15-27/h5-10,12,23-24,27,29-33H,11,13-16H2,1-4H3/t23-,24?,27-,29-,30-,31-,32+,33+/m1/s1. The van der Waals surface area contributed by atoms with Crippen molar-refractivity contribution in [3.63, 3.8) is 0 Å². The molecule has 10 nitrogen and oxygen atoms in total. The Morgan fingerprint density at radius 2 is 1.39 bits per heavy atom. The van der Waals surface area contributed by atoms with Crippen molar-refractivity contribution >= 4 is 35.5 Å². The van der Waals surface area contributed by atoms with Gasteiger partial charge in [-0.3, -0.25) is 19.2 Å². The van der Waals surface area contributed by atoms with Crippen LogP contribution in [0.3, 0.4) is 0 Å². The Labute approximate surface area is 261 Å². The molecule has 3 aliphatic rings. The molecule has 0 bridgehead atoms. The lowest BCUT2D eigenvalue weighted by molar-refractivity contribution is -0.254. The van der Waals surface area contributed by atoms with E-state index in [1.165, 1.54) is 34.1 Å². The van der Waals surface area contributed by atoms with Gasteiger partial charge in [0.2, 0.25) is 0 Å². The highest BCUT2D eigenvalue weighted by molar-refractivity contribution is 6.31. The predicted molar refractivity (Wildman–Crippen MR) is 157 cm³/mol. The minimum atomic E-state index is -1.25. The van der Waals surface area contributed by atoms with Gasteiger partial charge >= 0.3 is 23.9 Å². The van der Waals surface area contributed by atoms with Crippen LogP contribution < -0.4 is 4.74 Å². The van der Waals surface area contributed by atoms with E-state index in [1.807, 2.05) is 30.3 Å². The molecule has 0 N–H and O–H groups in total. The van der Waals surface area contributed by atoms with Gasteiger partial charge in [0.1, 0.15) is 24.6 Å². The van der Waals surface area contributed by atoms with Gasteiger partial charge < -0.3 is 28.4 Å². The number of fused-ring (bicyclic) bond motifs is 1. The molecule has 3 fully saturated rings. The van der Waals surface area contributed by atoms with Crippen LogP contribution in [0.5, 0.6) is 5.75 Å². The van der Waals surface area contributed by atoms with Crippen molar-refractivity contribution in [2.24, 2.45) is 11.8 Å². The molecule has 5 rings (SSSR count). The lowest BCUT2D eigenvalue weighted by Crippen LogP contribution is -2.59. The molecule has 236 valence electrons. The smallest absolute Gasteiger partial charge is 0.303 e. The van der Waals surface area contributed by atoms with Gasteiger partial charge in [0.05, 0.1) is 6.10 Å². The average molecular weight is 629 g/mol. The molecule has 2 saturated carbocycles. The SMILES string of the molecule is CC(=O)OC[C@H]1O[C@H](c2ccc(Cl)c(Cc3ccc(O[C@H]4CC5C[C@@H]5C4)cc3)c2)[C@H](OC(C)=O)[C@@H](OC(C)=O)[C@@H]1OC(C)=O. The Bertz CT molecular complexity index is 1380. The summed E-state index contributed by atoms with van der Waals surface area (Å²) in [5.41, 5.74) is 2.36. The van der Waals surface area contributed by atoms with E-state index in [2.05, 4.69) is 0 Å². The summed E-state index contributed by atoms with van der Waals surface area (Å²) in [5, 5.41) is 0.518. The number of benzene rings is 2. The number of hydrogen-bond acceptors (Lipinski definition) is 10. The third-order valence-corrected chi connectivity index (χ3v) is 8.58. The Kier molecular flexibility index (Phi) is 9.80. The summed E-state index contributed by atoms with van der Waals surface area (Å²) in [5.74, 6) is -0.0850. The molecule has 0 amide bonds. The summed E-state index contributed by atoms with van der Waals surface area (Å²) in [6, 6.07) is 13.2. The molecule has 1 aliphatic heterocycles. The molecule has 1 unspecified atom stereocenters. The molecule has 0 spiro atoms. The highest BCUT2D eigenvalue weighted by Crippen LogP contribution is 2.52. The molecule has 1 heterocycles. The number of rotatable bonds is 10. The first kappa shape index (κ1) is 31.8. The van der Waals surface area contributed by atoms with Crippen molar-refractivity contribution in [3.05, 3.63) is 64.2 Å². The lowest BCUT2D eigenvalue weighted by atomic mass is 9.89. The highest BCUT2D eigenvalue weighted by Gasteiger charge is 2.52. The number of esters is 4. The molecule has 44 heavy (non-hydrogen) atoms. The molecule has 2 aromatic rings. The normalized spacial score (nSPS) is 28.8. The minimum Gasteiger partial charge on any atom is -0.490 e. The van der Waals surface area contributed by atoms with Gasteiger partial charge in [-0.1, -0.05) is 35.9 Å². The maximum Gasteiger partial charge on any atom is 0.303 e. The zero-order valence-electron chi connectivity index (χ0n) is 25.2. The Morgan fingerprint density at radius 3 is 2.00 bits per heavy atom. The Morgan fingerprint density at radius 1 is 0.773 bits per heavy atom. The average Bonchev–Trinajstić information content (AvgIpc) is 3.56. The van der Waals surface area contributed by atoms with Crippen molar-refractivity contribution in [2.75, 3.05) is 6.61 Å². The van der Waals surface area contributed by atoms with Crippen LogP contribution >= 0.6 is 11.6 Å². The lowest BCUT2D eigenvalue weighted by Gasteiger charge is -2.44. The van der Waals surface area contributed by atoms with Crippen LogP contribution in [-0.2, 0) is 49.3 Å². The van der Waals surface area contributed by atoms with Crippen LogP contribution in [0.25, 0.3) is 0 Å². The minimum absolute atomic E-state index is 0.289. The Balaban J connectivity index is 1.41. The van der Waals surface area contributed by atoms with E-state index in [4.69, 9.17) is 40.0 Å². The third-order valence-electron chi connectivity index (χ3n) is 8.21. The fraction of sp³-hybridized carbons (Fsp3) is 0.515. The first-order valence-corrected chi connectivity index (χ1v) is 15.2. The van der Waals surface area contributed by atoms with Gasteiger partial charge in [-0.05, 0) is 72.4 Å². The predicted octanol–water partition coefficient (Wildman–Crippen LogP) is 4.91. The molecular formula is C33H37ClO10. The molecule has 11 heteroatoms. The third kappa shape index (κ3) is 7.90. The van der Waals surface area contributed by atoms with Gasteiger partial charge in [-0.2, -0.15) is 0 Å². The van der Waals surface area contributed by atoms with Crippen LogP contribution in [-0.4, -0.2) is 61.0 Å². The van der Waals surface area contributed by atoms with Gasteiger partial charge in [0.15, 0.2) is 18.3 Å².